The van der Waals surface area contributed by atoms with Gasteiger partial charge in [0.15, 0.2) is 5.78 Å². The summed E-state index contributed by atoms with van der Waals surface area (Å²) < 4.78 is 0. The number of amides is 1. The Morgan fingerprint density at radius 1 is 1.08 bits per heavy atom. The van der Waals surface area contributed by atoms with Crippen molar-refractivity contribution in [2.24, 2.45) is 0 Å². The number of carbonyl (C=O) groups excluding carboxylic acids is 2. The van der Waals surface area contributed by atoms with Crippen LogP contribution < -0.4 is 11.1 Å². The molecule has 0 unspecified atom stereocenters. The third-order valence-electron chi connectivity index (χ3n) is 4.07. The van der Waals surface area contributed by atoms with E-state index in [1.807, 2.05) is 18.2 Å². The maximum absolute atomic E-state index is 12.2. The van der Waals surface area contributed by atoms with Gasteiger partial charge >= 0.3 is 0 Å². The molecule has 1 amide bonds. The number of carbonyl (C=O) groups is 2. The van der Waals surface area contributed by atoms with Crippen molar-refractivity contribution in [2.45, 2.75) is 32.1 Å². The molecule has 0 fully saturated rings. The maximum atomic E-state index is 12.2. The molecule has 0 aliphatic heterocycles. The molecule has 1 aromatic heterocycles. The average molecular weight is 346 g/mol. The molecule has 3 N–H and O–H groups in total. The summed E-state index contributed by atoms with van der Waals surface area (Å²) in [5.74, 6) is 0.200. The number of fused-ring (bicyclic) bond motifs is 1. The van der Waals surface area contributed by atoms with Crippen LogP contribution in [0.2, 0.25) is 0 Å². The van der Waals surface area contributed by atoms with Gasteiger partial charge in [-0.1, -0.05) is 12.1 Å². The minimum Gasteiger partial charge on any atom is -0.384 e. The Labute approximate surface area is 147 Å². The highest BCUT2D eigenvalue weighted by Crippen LogP contribution is 2.23. The maximum Gasteiger partial charge on any atom is 0.224 e. The fourth-order valence-corrected chi connectivity index (χ4v) is 2.82. The Morgan fingerprint density at radius 3 is 2.62 bits per heavy atom. The van der Waals surface area contributed by atoms with Gasteiger partial charge < -0.3 is 11.1 Å². The average Bonchev–Trinajstić information content (AvgIpc) is 3.02. The highest BCUT2D eigenvalue weighted by Gasteiger charge is 2.15. The van der Waals surface area contributed by atoms with Gasteiger partial charge in [-0.15, -0.1) is 12.4 Å². The van der Waals surface area contributed by atoms with Gasteiger partial charge in [0.05, 0.1) is 11.9 Å². The second kappa shape index (κ2) is 7.93. The zero-order valence-electron chi connectivity index (χ0n) is 13.2. The molecule has 3 rings (SSSR count). The van der Waals surface area contributed by atoms with Crippen LogP contribution in [0.15, 0.2) is 36.5 Å². The lowest BCUT2D eigenvalue weighted by Crippen LogP contribution is -2.13. The molecular weight excluding hydrogens is 326 g/mol. The van der Waals surface area contributed by atoms with Gasteiger partial charge in [-0.25, -0.2) is 4.98 Å². The van der Waals surface area contributed by atoms with Crippen LogP contribution >= 0.6 is 12.4 Å². The number of aromatic nitrogens is 1. The van der Waals surface area contributed by atoms with Crippen LogP contribution in [0.1, 0.15) is 40.7 Å². The molecule has 126 valence electrons. The predicted molar refractivity (Wildman–Crippen MR) is 96.6 cm³/mol. The van der Waals surface area contributed by atoms with E-state index in [-0.39, 0.29) is 36.9 Å². The van der Waals surface area contributed by atoms with Crippen molar-refractivity contribution in [3.8, 4) is 0 Å². The molecule has 6 heteroatoms. The Balaban J connectivity index is 0.00000208. The Kier molecular flexibility index (Phi) is 5.93. The number of rotatable bonds is 5. The summed E-state index contributed by atoms with van der Waals surface area (Å²) in [7, 11) is 0. The predicted octanol–water partition coefficient (Wildman–Crippen LogP) is 3.18. The molecule has 0 spiro atoms. The van der Waals surface area contributed by atoms with Gasteiger partial charge in [-0.3, -0.25) is 9.59 Å². The summed E-state index contributed by atoms with van der Waals surface area (Å²) in [5.41, 5.74) is 9.38. The monoisotopic (exact) mass is 345 g/mol. The highest BCUT2D eigenvalue weighted by atomic mass is 35.5. The number of ketones is 1. The van der Waals surface area contributed by atoms with Crippen molar-refractivity contribution in [3.05, 3.63) is 53.2 Å². The number of hydrogen-bond donors (Lipinski definition) is 2. The third kappa shape index (κ3) is 4.32. The van der Waals surface area contributed by atoms with Crippen LogP contribution in [0.25, 0.3) is 0 Å². The molecule has 0 bridgehead atoms. The number of halogens is 1. The summed E-state index contributed by atoms with van der Waals surface area (Å²) in [6.45, 7) is 0. The van der Waals surface area contributed by atoms with Gasteiger partial charge in [0, 0.05) is 18.4 Å². The molecular formula is C18H20ClN3O2. The van der Waals surface area contributed by atoms with Crippen molar-refractivity contribution in [1.29, 1.82) is 0 Å². The lowest BCUT2D eigenvalue weighted by Gasteiger charge is -2.06. The number of nitrogens with one attached hydrogen (secondary N) is 1. The van der Waals surface area contributed by atoms with E-state index in [0.29, 0.717) is 17.1 Å². The van der Waals surface area contributed by atoms with E-state index in [0.717, 1.165) is 19.3 Å². The number of Topliss-reactive ketones (excluding diaryl/α,β-unsaturated/α-hetero) is 1. The molecule has 5 nitrogen and oxygen atoms in total. The van der Waals surface area contributed by atoms with E-state index in [1.165, 1.54) is 17.3 Å². The molecule has 0 saturated heterocycles. The summed E-state index contributed by atoms with van der Waals surface area (Å²) in [6, 6.07) is 9.18. The van der Waals surface area contributed by atoms with Crippen LogP contribution in [-0.4, -0.2) is 16.7 Å². The number of benzene rings is 1. The first-order valence-corrected chi connectivity index (χ1v) is 7.78. The van der Waals surface area contributed by atoms with Crippen LogP contribution in [0, 0.1) is 0 Å². The van der Waals surface area contributed by atoms with E-state index in [9.17, 15) is 9.59 Å². The van der Waals surface area contributed by atoms with Gasteiger partial charge in [-0.05, 0) is 48.6 Å². The molecule has 2 aromatic rings. The Hall–Kier alpha value is -2.40. The van der Waals surface area contributed by atoms with Crippen molar-refractivity contribution in [3.63, 3.8) is 0 Å². The SMILES string of the molecule is Cl.Nc1ccc(NC(=O)CCC(=O)c2ccc3c(c2)CCC3)cn1. The number of aryl methyl sites for hydroxylation is 2. The zero-order chi connectivity index (χ0) is 16.2. The number of nitrogens with two attached hydrogens (primary N) is 1. The standard InChI is InChI=1S/C18H19N3O2.ClH/c19-17-8-6-15(11-20-17)21-18(23)9-7-16(22)14-5-4-12-2-1-3-13(12)10-14;/h4-6,8,10-11H,1-3,7,9H2,(H2,19,20)(H,21,23);1H. The first-order chi connectivity index (χ1) is 11.1. The fraction of sp³-hybridized carbons (Fsp3) is 0.278. The Bertz CT molecular complexity index is 744. The highest BCUT2D eigenvalue weighted by molar-refractivity contribution is 6.00. The molecule has 1 aromatic carbocycles. The van der Waals surface area contributed by atoms with Gasteiger partial charge in [0.2, 0.25) is 5.91 Å². The van der Waals surface area contributed by atoms with Crippen molar-refractivity contribution in [2.75, 3.05) is 11.1 Å². The fourth-order valence-electron chi connectivity index (χ4n) is 2.82. The van der Waals surface area contributed by atoms with E-state index in [2.05, 4.69) is 10.3 Å². The minimum atomic E-state index is -0.203. The quantitative estimate of drug-likeness (QED) is 0.815. The number of anilines is 2. The van der Waals surface area contributed by atoms with Crippen molar-refractivity contribution < 1.29 is 9.59 Å². The van der Waals surface area contributed by atoms with E-state index in [1.54, 1.807) is 12.1 Å². The van der Waals surface area contributed by atoms with Gasteiger partial charge in [0.25, 0.3) is 0 Å². The second-order valence-electron chi connectivity index (χ2n) is 5.78. The molecule has 0 saturated carbocycles. The lowest BCUT2D eigenvalue weighted by atomic mass is 10.0. The molecule has 1 aliphatic rings. The topological polar surface area (TPSA) is 85.1 Å². The number of pyridine rings is 1. The smallest absolute Gasteiger partial charge is 0.224 e. The second-order valence-corrected chi connectivity index (χ2v) is 5.78. The summed E-state index contributed by atoms with van der Waals surface area (Å²) >= 11 is 0. The van der Waals surface area contributed by atoms with Crippen LogP contribution in [-0.2, 0) is 17.6 Å². The Morgan fingerprint density at radius 2 is 1.88 bits per heavy atom. The zero-order valence-corrected chi connectivity index (χ0v) is 14.1. The normalized spacial score (nSPS) is 12.2. The first kappa shape index (κ1) is 17.9. The molecule has 0 atom stereocenters. The summed E-state index contributed by atoms with van der Waals surface area (Å²) in [4.78, 5) is 28.0. The summed E-state index contributed by atoms with van der Waals surface area (Å²) in [6.07, 6.45) is 5.15. The van der Waals surface area contributed by atoms with Crippen LogP contribution in [0.3, 0.4) is 0 Å². The van der Waals surface area contributed by atoms with Gasteiger partial charge in [0.1, 0.15) is 5.82 Å². The lowest BCUT2D eigenvalue weighted by molar-refractivity contribution is -0.116. The van der Waals surface area contributed by atoms with Crippen LogP contribution in [0.4, 0.5) is 11.5 Å². The number of nitrogen functional groups attached to an aromatic ring is 1. The third-order valence-corrected chi connectivity index (χ3v) is 4.07. The number of nitrogens with zero attached hydrogens (tertiary/aromatic N) is 1. The molecule has 0 radical (unpaired) electrons. The first-order valence-electron chi connectivity index (χ1n) is 7.78. The van der Waals surface area contributed by atoms with E-state index >= 15 is 0 Å². The largest absolute Gasteiger partial charge is 0.384 e. The summed E-state index contributed by atoms with van der Waals surface area (Å²) in [5, 5.41) is 2.71. The van der Waals surface area contributed by atoms with Gasteiger partial charge in [-0.2, -0.15) is 0 Å². The van der Waals surface area contributed by atoms with Crippen molar-refractivity contribution in [1.82, 2.24) is 4.98 Å². The number of hydrogen-bond acceptors (Lipinski definition) is 4. The van der Waals surface area contributed by atoms with Crippen molar-refractivity contribution >= 4 is 35.6 Å². The van der Waals surface area contributed by atoms with E-state index in [4.69, 9.17) is 5.73 Å². The van der Waals surface area contributed by atoms with E-state index < -0.39 is 0 Å². The van der Waals surface area contributed by atoms with Crippen LogP contribution in [0.5, 0.6) is 0 Å². The molecule has 1 aliphatic carbocycles. The minimum absolute atomic E-state index is 0. The molecule has 24 heavy (non-hydrogen) atoms. The molecule has 1 heterocycles.